The fourth-order valence-corrected chi connectivity index (χ4v) is 2.57. The van der Waals surface area contributed by atoms with Gasteiger partial charge in [-0.1, -0.05) is 50.2 Å². The fourth-order valence-electron chi connectivity index (χ4n) is 2.57. The number of carbonyl (C=O) groups is 1. The van der Waals surface area contributed by atoms with Crippen molar-refractivity contribution in [3.8, 4) is 22.6 Å². The number of nitrogens with one attached hydrogen (secondary N) is 1. The summed E-state index contributed by atoms with van der Waals surface area (Å²) in [6.07, 6.45) is 1.78. The molecule has 0 atom stereocenters. The molecule has 0 radical (unpaired) electrons. The van der Waals surface area contributed by atoms with Gasteiger partial charge in [0.05, 0.1) is 24.6 Å². The van der Waals surface area contributed by atoms with E-state index in [1.165, 1.54) is 12.7 Å². The van der Waals surface area contributed by atoms with Crippen LogP contribution in [0.3, 0.4) is 0 Å². The van der Waals surface area contributed by atoms with Gasteiger partial charge in [0.25, 0.3) is 0 Å². The monoisotopic (exact) mass is 320 g/mol. The van der Waals surface area contributed by atoms with Gasteiger partial charge in [-0.05, 0) is 23.6 Å². The molecule has 0 fully saturated rings. The van der Waals surface area contributed by atoms with Crippen molar-refractivity contribution in [1.82, 2.24) is 9.97 Å². The first kappa shape index (κ1) is 16.0. The van der Waals surface area contributed by atoms with Gasteiger partial charge in [-0.25, -0.2) is 9.78 Å². The quantitative estimate of drug-likeness (QED) is 0.712. The van der Waals surface area contributed by atoms with Gasteiger partial charge in [0, 0.05) is 11.1 Å². The smallest absolute Gasteiger partial charge is 0.337 e. The Morgan fingerprint density at radius 2 is 1.83 bits per heavy atom. The van der Waals surface area contributed by atoms with E-state index in [0.717, 1.165) is 22.6 Å². The van der Waals surface area contributed by atoms with E-state index in [9.17, 15) is 4.79 Å². The molecule has 4 nitrogen and oxygen atoms in total. The lowest BCUT2D eigenvalue weighted by atomic mass is 10.0. The Morgan fingerprint density at radius 1 is 1.08 bits per heavy atom. The first-order valence-electron chi connectivity index (χ1n) is 7.92. The summed E-state index contributed by atoms with van der Waals surface area (Å²) in [5.41, 5.74) is 4.62. The Balaban J connectivity index is 1.89. The van der Waals surface area contributed by atoms with E-state index in [-0.39, 0.29) is 5.97 Å². The molecule has 122 valence electrons. The van der Waals surface area contributed by atoms with E-state index in [0.29, 0.717) is 11.5 Å². The van der Waals surface area contributed by atoms with E-state index >= 15 is 0 Å². The second-order valence-electron chi connectivity index (χ2n) is 5.99. The zero-order valence-corrected chi connectivity index (χ0v) is 14.0. The van der Waals surface area contributed by atoms with Gasteiger partial charge in [0.2, 0.25) is 0 Å². The lowest BCUT2D eigenvalue weighted by molar-refractivity contribution is 0.0601. The number of benzene rings is 2. The summed E-state index contributed by atoms with van der Waals surface area (Å²) in [5, 5.41) is 0. The third-order valence-corrected chi connectivity index (χ3v) is 4.02. The van der Waals surface area contributed by atoms with Crippen LogP contribution in [-0.4, -0.2) is 23.0 Å². The standard InChI is InChI=1S/C20H20N2O2/c1-13(2)14-7-9-15(10-8-14)19-21-12-18(22-19)16-5-4-6-17(11-16)20(23)24-3/h4-13H,1-3H3,(H,21,22). The molecule has 1 N–H and O–H groups in total. The zero-order chi connectivity index (χ0) is 17.1. The maximum absolute atomic E-state index is 11.7. The average molecular weight is 320 g/mol. The van der Waals surface area contributed by atoms with Gasteiger partial charge in [-0.15, -0.1) is 0 Å². The number of H-pyrrole nitrogens is 1. The Morgan fingerprint density at radius 3 is 2.50 bits per heavy atom. The number of hydrogen-bond acceptors (Lipinski definition) is 3. The number of rotatable bonds is 4. The summed E-state index contributed by atoms with van der Waals surface area (Å²) in [5.74, 6) is 0.969. The predicted octanol–water partition coefficient (Wildman–Crippen LogP) is 4.65. The number of esters is 1. The Bertz CT molecular complexity index is 848. The molecule has 0 aliphatic carbocycles. The lowest BCUT2D eigenvalue weighted by Gasteiger charge is -2.05. The van der Waals surface area contributed by atoms with E-state index in [1.807, 2.05) is 12.1 Å². The number of nitrogens with zero attached hydrogens (tertiary/aromatic N) is 1. The predicted molar refractivity (Wildman–Crippen MR) is 94.9 cm³/mol. The van der Waals surface area contributed by atoms with Crippen molar-refractivity contribution in [3.63, 3.8) is 0 Å². The molecular formula is C20H20N2O2. The molecule has 0 aliphatic heterocycles. The second-order valence-corrected chi connectivity index (χ2v) is 5.99. The minimum Gasteiger partial charge on any atom is -0.465 e. The highest BCUT2D eigenvalue weighted by Crippen LogP contribution is 2.24. The van der Waals surface area contributed by atoms with Crippen LogP contribution in [0.1, 0.15) is 35.7 Å². The van der Waals surface area contributed by atoms with Crippen LogP contribution in [0.4, 0.5) is 0 Å². The minimum absolute atomic E-state index is 0.346. The summed E-state index contributed by atoms with van der Waals surface area (Å²) in [6, 6.07) is 15.7. The normalized spacial score (nSPS) is 10.8. The van der Waals surface area contributed by atoms with Crippen LogP contribution in [0.25, 0.3) is 22.6 Å². The molecule has 0 saturated heterocycles. The summed E-state index contributed by atoms with van der Waals surface area (Å²) in [4.78, 5) is 19.4. The van der Waals surface area contributed by atoms with Crippen molar-refractivity contribution >= 4 is 5.97 Å². The number of ether oxygens (including phenoxy) is 1. The number of carbonyl (C=O) groups excluding carboxylic acids is 1. The maximum atomic E-state index is 11.7. The van der Waals surface area contributed by atoms with Crippen molar-refractivity contribution < 1.29 is 9.53 Å². The van der Waals surface area contributed by atoms with Gasteiger partial charge < -0.3 is 9.72 Å². The highest BCUT2D eigenvalue weighted by Gasteiger charge is 2.10. The summed E-state index contributed by atoms with van der Waals surface area (Å²) in [6.45, 7) is 4.35. The van der Waals surface area contributed by atoms with Crippen LogP contribution in [-0.2, 0) is 4.74 Å². The molecule has 0 saturated carbocycles. The molecule has 0 amide bonds. The van der Waals surface area contributed by atoms with Gasteiger partial charge in [0.15, 0.2) is 0 Å². The molecule has 0 spiro atoms. The number of aromatic nitrogens is 2. The van der Waals surface area contributed by atoms with Gasteiger partial charge in [-0.2, -0.15) is 0 Å². The largest absolute Gasteiger partial charge is 0.465 e. The maximum Gasteiger partial charge on any atom is 0.337 e. The summed E-state index contributed by atoms with van der Waals surface area (Å²) >= 11 is 0. The third kappa shape index (κ3) is 3.23. The minimum atomic E-state index is -0.346. The second kappa shape index (κ2) is 6.71. The molecule has 1 aromatic heterocycles. The first-order chi connectivity index (χ1) is 11.6. The fraction of sp³-hybridized carbons (Fsp3) is 0.200. The molecule has 3 rings (SSSR count). The molecule has 24 heavy (non-hydrogen) atoms. The Kier molecular flexibility index (Phi) is 4.47. The highest BCUT2D eigenvalue weighted by atomic mass is 16.5. The SMILES string of the molecule is COC(=O)c1cccc(-c2cnc(-c3ccc(C(C)C)cc3)[nH]2)c1. The third-order valence-electron chi connectivity index (χ3n) is 4.02. The Hall–Kier alpha value is -2.88. The number of imidazole rings is 1. The van der Waals surface area contributed by atoms with Crippen LogP contribution in [0.15, 0.2) is 54.7 Å². The van der Waals surface area contributed by atoms with Crippen LogP contribution < -0.4 is 0 Å². The van der Waals surface area contributed by atoms with Crippen molar-refractivity contribution in [1.29, 1.82) is 0 Å². The summed E-state index contributed by atoms with van der Waals surface area (Å²) < 4.78 is 4.77. The van der Waals surface area contributed by atoms with Crippen LogP contribution >= 0.6 is 0 Å². The number of aromatic amines is 1. The molecule has 2 aromatic carbocycles. The topological polar surface area (TPSA) is 55.0 Å². The molecule has 0 aliphatic rings. The van der Waals surface area contributed by atoms with Crippen molar-refractivity contribution in [2.24, 2.45) is 0 Å². The van der Waals surface area contributed by atoms with Crippen LogP contribution in [0.5, 0.6) is 0 Å². The molecular weight excluding hydrogens is 300 g/mol. The van der Waals surface area contributed by atoms with Gasteiger partial charge in [-0.3, -0.25) is 0 Å². The zero-order valence-electron chi connectivity index (χ0n) is 14.0. The van der Waals surface area contributed by atoms with E-state index in [2.05, 4.69) is 48.1 Å². The van der Waals surface area contributed by atoms with Crippen molar-refractivity contribution in [2.45, 2.75) is 19.8 Å². The van der Waals surface area contributed by atoms with Gasteiger partial charge in [0.1, 0.15) is 5.82 Å². The number of hydrogen-bond donors (Lipinski definition) is 1. The first-order valence-corrected chi connectivity index (χ1v) is 7.92. The van der Waals surface area contributed by atoms with Crippen LogP contribution in [0, 0.1) is 0 Å². The highest BCUT2D eigenvalue weighted by molar-refractivity contribution is 5.90. The lowest BCUT2D eigenvalue weighted by Crippen LogP contribution is -2.00. The summed E-state index contributed by atoms with van der Waals surface area (Å²) in [7, 11) is 1.38. The Labute approximate surface area is 141 Å². The average Bonchev–Trinajstić information content (AvgIpc) is 3.11. The van der Waals surface area contributed by atoms with Crippen molar-refractivity contribution in [2.75, 3.05) is 7.11 Å². The molecule has 1 heterocycles. The molecule has 0 bridgehead atoms. The number of methoxy groups -OCH3 is 1. The van der Waals surface area contributed by atoms with Crippen LogP contribution in [0.2, 0.25) is 0 Å². The van der Waals surface area contributed by atoms with E-state index in [1.54, 1.807) is 18.3 Å². The van der Waals surface area contributed by atoms with E-state index < -0.39 is 0 Å². The van der Waals surface area contributed by atoms with E-state index in [4.69, 9.17) is 4.74 Å². The molecule has 0 unspecified atom stereocenters. The molecule has 4 heteroatoms. The molecule has 3 aromatic rings. The van der Waals surface area contributed by atoms with Crippen molar-refractivity contribution in [3.05, 3.63) is 65.9 Å². The van der Waals surface area contributed by atoms with Gasteiger partial charge >= 0.3 is 5.97 Å².